The maximum atomic E-state index is 2.18. The molecule has 3 N–H and O–H groups in total. The maximum Gasteiger partial charge on any atom is -0.0105 e. The molecule has 0 atom stereocenters. The molecule has 0 bridgehead atoms. The Morgan fingerprint density at radius 3 is 1.33 bits per heavy atom. The summed E-state index contributed by atoms with van der Waals surface area (Å²) in [5.41, 5.74) is 0. The van der Waals surface area contributed by atoms with E-state index in [2.05, 4.69) is 60.7 Å². The van der Waals surface area contributed by atoms with Crippen molar-refractivity contribution in [1.29, 1.82) is 0 Å². The van der Waals surface area contributed by atoms with Gasteiger partial charge in [0.05, 0.1) is 0 Å². The Morgan fingerprint density at radius 1 is 0.467 bits per heavy atom. The van der Waals surface area contributed by atoms with Crippen LogP contribution in [0.5, 0.6) is 0 Å². The zero-order chi connectivity index (χ0) is 9.38. The SMILES string of the molecule is N.c1ccc2c(c1)ccc1ccccc12. The molecule has 0 saturated carbocycles. The molecule has 0 aliphatic heterocycles. The lowest BCUT2D eigenvalue weighted by Gasteiger charge is -2.02. The molecular formula is C14H13N. The van der Waals surface area contributed by atoms with Crippen molar-refractivity contribution in [2.45, 2.75) is 0 Å². The van der Waals surface area contributed by atoms with Crippen LogP contribution in [0.2, 0.25) is 0 Å². The van der Waals surface area contributed by atoms with Crippen LogP contribution in [-0.4, -0.2) is 0 Å². The lowest BCUT2D eigenvalue weighted by molar-refractivity contribution is 1.76. The normalized spacial score (nSPS) is 10.1. The quantitative estimate of drug-likeness (QED) is 0.537. The van der Waals surface area contributed by atoms with Crippen molar-refractivity contribution in [1.82, 2.24) is 6.15 Å². The summed E-state index contributed by atoms with van der Waals surface area (Å²) in [4.78, 5) is 0. The van der Waals surface area contributed by atoms with Crippen LogP contribution in [0.3, 0.4) is 0 Å². The molecule has 0 amide bonds. The van der Waals surface area contributed by atoms with Gasteiger partial charge in [-0.1, -0.05) is 60.7 Å². The number of fused-ring (bicyclic) bond motifs is 3. The van der Waals surface area contributed by atoms with Crippen molar-refractivity contribution >= 4 is 21.5 Å². The first-order chi connectivity index (χ1) is 6.95. The summed E-state index contributed by atoms with van der Waals surface area (Å²) in [5.74, 6) is 0. The summed E-state index contributed by atoms with van der Waals surface area (Å²) >= 11 is 0. The molecule has 0 fully saturated rings. The average molecular weight is 195 g/mol. The third-order valence-electron chi connectivity index (χ3n) is 2.65. The lowest BCUT2D eigenvalue weighted by Crippen LogP contribution is -1.75. The molecule has 0 spiro atoms. The van der Waals surface area contributed by atoms with E-state index >= 15 is 0 Å². The third-order valence-corrected chi connectivity index (χ3v) is 2.65. The Kier molecular flexibility index (Phi) is 2.40. The molecule has 74 valence electrons. The van der Waals surface area contributed by atoms with Crippen LogP contribution in [0.4, 0.5) is 0 Å². The number of benzene rings is 3. The summed E-state index contributed by atoms with van der Waals surface area (Å²) < 4.78 is 0. The van der Waals surface area contributed by atoms with Gasteiger partial charge in [-0.25, -0.2) is 0 Å². The van der Waals surface area contributed by atoms with Crippen molar-refractivity contribution < 1.29 is 0 Å². The van der Waals surface area contributed by atoms with Gasteiger partial charge in [-0.05, 0) is 21.5 Å². The maximum absolute atomic E-state index is 2.18. The highest BCUT2D eigenvalue weighted by molar-refractivity contribution is 6.07. The van der Waals surface area contributed by atoms with Crippen LogP contribution < -0.4 is 6.15 Å². The van der Waals surface area contributed by atoms with Crippen molar-refractivity contribution in [3.8, 4) is 0 Å². The minimum Gasteiger partial charge on any atom is -0.344 e. The van der Waals surface area contributed by atoms with Crippen LogP contribution >= 0.6 is 0 Å². The van der Waals surface area contributed by atoms with E-state index < -0.39 is 0 Å². The second kappa shape index (κ2) is 3.71. The van der Waals surface area contributed by atoms with Gasteiger partial charge in [-0.3, -0.25) is 0 Å². The van der Waals surface area contributed by atoms with Crippen molar-refractivity contribution in [2.24, 2.45) is 0 Å². The standard InChI is InChI=1S/C14H10.H3N/c1-3-7-13-11(5-1)9-10-12-6-2-4-8-14(12)13;/h1-10H;1H3. The molecule has 3 aromatic carbocycles. The van der Waals surface area contributed by atoms with Gasteiger partial charge in [-0.15, -0.1) is 0 Å². The zero-order valence-electron chi connectivity index (χ0n) is 8.48. The second-order valence-corrected chi connectivity index (χ2v) is 3.51. The second-order valence-electron chi connectivity index (χ2n) is 3.51. The molecule has 15 heavy (non-hydrogen) atoms. The summed E-state index contributed by atoms with van der Waals surface area (Å²) in [5, 5.41) is 5.30. The van der Waals surface area contributed by atoms with Gasteiger partial charge in [0.1, 0.15) is 0 Å². The van der Waals surface area contributed by atoms with Crippen molar-refractivity contribution in [2.75, 3.05) is 0 Å². The monoisotopic (exact) mass is 195 g/mol. The smallest absolute Gasteiger partial charge is 0.0105 e. The number of hydrogen-bond donors (Lipinski definition) is 1. The molecule has 0 aromatic heterocycles. The Bertz CT molecular complexity index is 544. The van der Waals surface area contributed by atoms with Gasteiger partial charge in [0, 0.05) is 0 Å². The van der Waals surface area contributed by atoms with E-state index in [9.17, 15) is 0 Å². The fourth-order valence-electron chi connectivity index (χ4n) is 1.95. The largest absolute Gasteiger partial charge is 0.344 e. The summed E-state index contributed by atoms with van der Waals surface area (Å²) in [6.07, 6.45) is 0. The fourth-order valence-corrected chi connectivity index (χ4v) is 1.95. The first-order valence-electron chi connectivity index (χ1n) is 4.82. The van der Waals surface area contributed by atoms with Gasteiger partial charge >= 0.3 is 0 Å². The topological polar surface area (TPSA) is 35.0 Å². The molecule has 0 saturated heterocycles. The predicted octanol–water partition coefficient (Wildman–Crippen LogP) is 4.16. The van der Waals surface area contributed by atoms with Crippen LogP contribution in [0, 0.1) is 0 Å². The molecule has 0 heterocycles. The number of hydrogen-bond acceptors (Lipinski definition) is 1. The van der Waals surface area contributed by atoms with Gasteiger partial charge in [0.25, 0.3) is 0 Å². The minimum absolute atomic E-state index is 0. The minimum atomic E-state index is 0. The molecule has 0 unspecified atom stereocenters. The van der Waals surface area contributed by atoms with E-state index in [0.717, 1.165) is 0 Å². The Morgan fingerprint density at radius 2 is 0.867 bits per heavy atom. The van der Waals surface area contributed by atoms with Crippen LogP contribution in [0.25, 0.3) is 21.5 Å². The molecule has 1 heteroatoms. The Labute approximate surface area is 88.9 Å². The van der Waals surface area contributed by atoms with Gasteiger partial charge in [0.15, 0.2) is 0 Å². The van der Waals surface area contributed by atoms with Crippen molar-refractivity contribution in [3.05, 3.63) is 60.7 Å². The summed E-state index contributed by atoms with van der Waals surface area (Å²) in [6.45, 7) is 0. The highest BCUT2D eigenvalue weighted by Crippen LogP contribution is 2.24. The molecule has 0 aliphatic carbocycles. The van der Waals surface area contributed by atoms with E-state index in [1.807, 2.05) is 0 Å². The lowest BCUT2D eigenvalue weighted by atomic mass is 10.0. The van der Waals surface area contributed by atoms with E-state index in [4.69, 9.17) is 0 Å². The van der Waals surface area contributed by atoms with Crippen LogP contribution in [-0.2, 0) is 0 Å². The van der Waals surface area contributed by atoms with Gasteiger partial charge in [-0.2, -0.15) is 0 Å². The highest BCUT2D eigenvalue weighted by Gasteiger charge is 1.97. The van der Waals surface area contributed by atoms with E-state index in [0.29, 0.717) is 0 Å². The molecule has 1 nitrogen and oxygen atoms in total. The van der Waals surface area contributed by atoms with Crippen LogP contribution in [0.1, 0.15) is 0 Å². The Hall–Kier alpha value is -1.86. The van der Waals surface area contributed by atoms with E-state index in [1.165, 1.54) is 21.5 Å². The van der Waals surface area contributed by atoms with Crippen molar-refractivity contribution in [3.63, 3.8) is 0 Å². The fraction of sp³-hybridized carbons (Fsp3) is 0. The third kappa shape index (κ3) is 1.47. The van der Waals surface area contributed by atoms with Crippen LogP contribution in [0.15, 0.2) is 60.7 Å². The molecule has 3 aromatic rings. The highest BCUT2D eigenvalue weighted by atomic mass is 14.0. The first-order valence-corrected chi connectivity index (χ1v) is 4.82. The van der Waals surface area contributed by atoms with E-state index in [1.54, 1.807) is 0 Å². The summed E-state index contributed by atoms with van der Waals surface area (Å²) in [7, 11) is 0. The number of rotatable bonds is 0. The molecular weight excluding hydrogens is 182 g/mol. The molecule has 0 aliphatic rings. The average Bonchev–Trinajstić information content (AvgIpc) is 2.29. The van der Waals surface area contributed by atoms with Gasteiger partial charge in [0.2, 0.25) is 0 Å². The van der Waals surface area contributed by atoms with E-state index in [-0.39, 0.29) is 6.15 Å². The first kappa shape index (κ1) is 9.69. The molecule has 3 rings (SSSR count). The molecule has 0 radical (unpaired) electrons. The zero-order valence-corrected chi connectivity index (χ0v) is 8.48. The summed E-state index contributed by atoms with van der Waals surface area (Å²) in [6, 6.07) is 21.4. The predicted molar refractivity (Wildman–Crippen MR) is 66.5 cm³/mol. The van der Waals surface area contributed by atoms with Gasteiger partial charge < -0.3 is 6.15 Å². The Balaban J connectivity index is 0.000000853.